The summed E-state index contributed by atoms with van der Waals surface area (Å²) in [7, 11) is 1.57. The number of hydrogen-bond donors (Lipinski definition) is 0. The third kappa shape index (κ3) is 2.71. The van der Waals surface area contributed by atoms with E-state index in [0.717, 1.165) is 11.0 Å². The second-order valence-corrected chi connectivity index (χ2v) is 5.17. The highest BCUT2D eigenvalue weighted by molar-refractivity contribution is 5.79. The number of benzene rings is 1. The van der Waals surface area contributed by atoms with Gasteiger partial charge in [0.2, 0.25) is 5.82 Å². The van der Waals surface area contributed by atoms with Crippen molar-refractivity contribution in [3.8, 4) is 11.6 Å². The minimum absolute atomic E-state index is 0.122. The Bertz CT molecular complexity index is 927. The molecule has 1 aromatic carbocycles. The van der Waals surface area contributed by atoms with Crippen molar-refractivity contribution < 1.29 is 14.5 Å². The van der Waals surface area contributed by atoms with Gasteiger partial charge in [0, 0.05) is 6.92 Å². The van der Waals surface area contributed by atoms with Gasteiger partial charge in [-0.1, -0.05) is 12.1 Å². The summed E-state index contributed by atoms with van der Waals surface area (Å²) in [5.41, 5.74) is 1.58. The van der Waals surface area contributed by atoms with Crippen LogP contribution < -0.4 is 0 Å². The first-order valence-electron chi connectivity index (χ1n) is 7.24. The van der Waals surface area contributed by atoms with Crippen molar-refractivity contribution in [2.45, 2.75) is 13.5 Å². The molecule has 9 nitrogen and oxygen atoms in total. The second-order valence-electron chi connectivity index (χ2n) is 5.17. The average Bonchev–Trinajstić information content (AvgIpc) is 3.08. The summed E-state index contributed by atoms with van der Waals surface area (Å²) in [5.74, 6) is 0.372. The maximum atomic E-state index is 11.0. The van der Waals surface area contributed by atoms with E-state index < -0.39 is 4.92 Å². The standard InChI is InChI=1S/C15H15N5O4/c1-10(21)24-8-7-19-12-6-4-3-5-11(12)17-15(19)14-16-9-13(18(14)2)20(22)23/h3-6,9H,7-8H2,1-2H3. The second kappa shape index (κ2) is 6.11. The fraction of sp³-hybridized carbons (Fsp3) is 0.267. The van der Waals surface area contributed by atoms with Crippen molar-refractivity contribution >= 4 is 22.8 Å². The average molecular weight is 329 g/mol. The molecule has 0 N–H and O–H groups in total. The lowest BCUT2D eigenvalue weighted by Gasteiger charge is -2.08. The molecular formula is C15H15N5O4. The number of carbonyl (C=O) groups is 1. The van der Waals surface area contributed by atoms with Gasteiger partial charge in [-0.05, 0) is 17.1 Å². The molecule has 0 spiro atoms. The Labute approximate surface area is 136 Å². The zero-order valence-electron chi connectivity index (χ0n) is 13.2. The van der Waals surface area contributed by atoms with Gasteiger partial charge in [-0.3, -0.25) is 4.79 Å². The quantitative estimate of drug-likeness (QED) is 0.402. The summed E-state index contributed by atoms with van der Waals surface area (Å²) in [4.78, 5) is 30.2. The highest BCUT2D eigenvalue weighted by Crippen LogP contribution is 2.26. The molecule has 0 saturated heterocycles. The minimum Gasteiger partial charge on any atom is -0.464 e. The number of aromatic nitrogens is 4. The van der Waals surface area contributed by atoms with Crippen molar-refractivity contribution in [1.29, 1.82) is 0 Å². The maximum Gasteiger partial charge on any atom is 0.343 e. The first-order valence-corrected chi connectivity index (χ1v) is 7.24. The topological polar surface area (TPSA) is 105 Å². The molecule has 3 aromatic rings. The molecule has 0 aliphatic heterocycles. The highest BCUT2D eigenvalue weighted by atomic mass is 16.6. The normalized spacial score (nSPS) is 10.9. The molecule has 24 heavy (non-hydrogen) atoms. The fourth-order valence-electron chi connectivity index (χ4n) is 2.53. The maximum absolute atomic E-state index is 11.0. The van der Waals surface area contributed by atoms with E-state index in [0.29, 0.717) is 18.2 Å². The molecule has 0 radical (unpaired) electrons. The molecule has 0 atom stereocenters. The first-order chi connectivity index (χ1) is 11.5. The fourth-order valence-corrected chi connectivity index (χ4v) is 2.53. The van der Waals surface area contributed by atoms with Gasteiger partial charge in [0.1, 0.15) is 12.8 Å². The Kier molecular flexibility index (Phi) is 3.98. The Morgan fingerprint density at radius 2 is 2.08 bits per heavy atom. The third-order valence-corrected chi connectivity index (χ3v) is 3.63. The molecule has 2 aromatic heterocycles. The summed E-state index contributed by atoms with van der Waals surface area (Å²) >= 11 is 0. The van der Waals surface area contributed by atoms with Crippen molar-refractivity contribution in [2.75, 3.05) is 6.61 Å². The number of nitro groups is 1. The van der Waals surface area contributed by atoms with Gasteiger partial charge in [-0.15, -0.1) is 0 Å². The van der Waals surface area contributed by atoms with Gasteiger partial charge in [0.05, 0.1) is 24.6 Å². The van der Waals surface area contributed by atoms with Crippen LogP contribution in [0.2, 0.25) is 0 Å². The molecule has 3 rings (SSSR count). The first kappa shape index (κ1) is 15.7. The number of esters is 1. The van der Waals surface area contributed by atoms with Crippen LogP contribution in [0.5, 0.6) is 0 Å². The van der Waals surface area contributed by atoms with Crippen LogP contribution in [0, 0.1) is 10.1 Å². The summed E-state index contributed by atoms with van der Waals surface area (Å²) < 4.78 is 8.22. The van der Waals surface area contributed by atoms with E-state index in [1.165, 1.54) is 17.7 Å². The third-order valence-electron chi connectivity index (χ3n) is 3.63. The number of para-hydroxylation sites is 2. The minimum atomic E-state index is -0.498. The largest absolute Gasteiger partial charge is 0.464 e. The summed E-state index contributed by atoms with van der Waals surface area (Å²) in [5, 5.41) is 11.0. The van der Waals surface area contributed by atoms with Gasteiger partial charge in [-0.2, -0.15) is 0 Å². The molecule has 0 aliphatic carbocycles. The van der Waals surface area contributed by atoms with Gasteiger partial charge >= 0.3 is 11.8 Å². The van der Waals surface area contributed by atoms with E-state index in [4.69, 9.17) is 4.74 Å². The Balaban J connectivity index is 2.09. The van der Waals surface area contributed by atoms with Crippen LogP contribution in [0.4, 0.5) is 5.82 Å². The molecule has 0 aliphatic rings. The predicted octanol–water partition coefficient (Wildman–Crippen LogP) is 1.91. The molecule has 2 heterocycles. The molecule has 0 saturated carbocycles. The number of imidazole rings is 2. The van der Waals surface area contributed by atoms with Gasteiger partial charge < -0.3 is 19.4 Å². The molecule has 0 amide bonds. The van der Waals surface area contributed by atoms with Crippen LogP contribution in [0.15, 0.2) is 30.5 Å². The van der Waals surface area contributed by atoms with Gasteiger partial charge in [-0.25, -0.2) is 14.5 Å². The Morgan fingerprint density at radius 3 is 2.75 bits per heavy atom. The van der Waals surface area contributed by atoms with Crippen LogP contribution in [-0.2, 0) is 23.1 Å². The zero-order chi connectivity index (χ0) is 17.3. The number of nitrogens with zero attached hydrogens (tertiary/aromatic N) is 5. The summed E-state index contributed by atoms with van der Waals surface area (Å²) in [6, 6.07) is 7.46. The number of fused-ring (bicyclic) bond motifs is 1. The van der Waals surface area contributed by atoms with Crippen LogP contribution in [0.25, 0.3) is 22.7 Å². The van der Waals surface area contributed by atoms with E-state index in [1.54, 1.807) is 7.05 Å². The number of ether oxygens (including phenoxy) is 1. The lowest BCUT2D eigenvalue weighted by molar-refractivity contribution is -0.391. The summed E-state index contributed by atoms with van der Waals surface area (Å²) in [6.45, 7) is 1.89. The molecule has 0 bridgehead atoms. The van der Waals surface area contributed by atoms with Gasteiger partial charge in [0.25, 0.3) is 5.82 Å². The highest BCUT2D eigenvalue weighted by Gasteiger charge is 2.23. The molecule has 9 heteroatoms. The van der Waals surface area contributed by atoms with Crippen molar-refractivity contribution in [3.63, 3.8) is 0 Å². The Hall–Kier alpha value is -3.23. The molecular weight excluding hydrogens is 314 g/mol. The lowest BCUT2D eigenvalue weighted by Crippen LogP contribution is -2.11. The number of carbonyl (C=O) groups excluding carboxylic acids is 1. The summed E-state index contributed by atoms with van der Waals surface area (Å²) in [6.07, 6.45) is 1.20. The van der Waals surface area contributed by atoms with E-state index >= 15 is 0 Å². The molecule has 124 valence electrons. The van der Waals surface area contributed by atoms with Crippen LogP contribution in [0.1, 0.15) is 6.92 Å². The smallest absolute Gasteiger partial charge is 0.343 e. The lowest BCUT2D eigenvalue weighted by atomic mass is 10.3. The number of rotatable bonds is 5. The SMILES string of the molecule is CC(=O)OCCn1c(-c2ncc([N+](=O)[O-])n2C)nc2ccccc21. The monoisotopic (exact) mass is 329 g/mol. The van der Waals surface area contributed by atoms with Crippen LogP contribution in [0.3, 0.4) is 0 Å². The van der Waals surface area contributed by atoms with Crippen LogP contribution >= 0.6 is 0 Å². The predicted molar refractivity (Wildman–Crippen MR) is 85.2 cm³/mol. The van der Waals surface area contributed by atoms with E-state index in [-0.39, 0.29) is 18.4 Å². The van der Waals surface area contributed by atoms with Gasteiger partial charge in [0.15, 0.2) is 0 Å². The van der Waals surface area contributed by atoms with E-state index in [2.05, 4.69) is 9.97 Å². The molecule has 0 unspecified atom stereocenters. The molecule has 0 fully saturated rings. The van der Waals surface area contributed by atoms with E-state index in [9.17, 15) is 14.9 Å². The van der Waals surface area contributed by atoms with E-state index in [1.807, 2.05) is 28.8 Å². The van der Waals surface area contributed by atoms with Crippen molar-refractivity contribution in [3.05, 3.63) is 40.6 Å². The number of hydrogen-bond acceptors (Lipinski definition) is 6. The Morgan fingerprint density at radius 1 is 1.33 bits per heavy atom. The van der Waals surface area contributed by atoms with Crippen LogP contribution in [-0.4, -0.2) is 36.6 Å². The van der Waals surface area contributed by atoms with Crippen molar-refractivity contribution in [2.24, 2.45) is 7.05 Å². The zero-order valence-corrected chi connectivity index (χ0v) is 13.2. The van der Waals surface area contributed by atoms with Crippen molar-refractivity contribution in [1.82, 2.24) is 19.1 Å².